The summed E-state index contributed by atoms with van der Waals surface area (Å²) < 4.78 is 0. The van der Waals surface area contributed by atoms with E-state index in [9.17, 15) is 0 Å². The van der Waals surface area contributed by atoms with Gasteiger partial charge in [-0.3, -0.25) is 0 Å². The highest BCUT2D eigenvalue weighted by Gasteiger charge is 2.22. The molecule has 0 saturated carbocycles. The number of nitrogens with zero attached hydrogens (tertiary/aromatic N) is 2. The fourth-order valence-electron chi connectivity index (χ4n) is 1.76. The number of oxime groups is 1. The van der Waals surface area contributed by atoms with Crippen molar-refractivity contribution >= 4 is 5.84 Å². The molecule has 0 heterocycles. The molecule has 0 aliphatic carbocycles. The van der Waals surface area contributed by atoms with E-state index in [-0.39, 0.29) is 5.41 Å². The van der Waals surface area contributed by atoms with Crippen molar-refractivity contribution in [3.63, 3.8) is 0 Å². The van der Waals surface area contributed by atoms with Crippen LogP contribution in [0.3, 0.4) is 0 Å². The van der Waals surface area contributed by atoms with Gasteiger partial charge in [0.15, 0.2) is 0 Å². The highest BCUT2D eigenvalue weighted by Crippen LogP contribution is 2.21. The summed E-state index contributed by atoms with van der Waals surface area (Å²) in [6.45, 7) is 11.6. The Hall–Kier alpha value is -0.810. The van der Waals surface area contributed by atoms with Gasteiger partial charge in [-0.25, -0.2) is 0 Å². The van der Waals surface area contributed by atoms with E-state index >= 15 is 0 Å². The molecule has 0 aromatic carbocycles. The Morgan fingerprint density at radius 3 is 2.42 bits per heavy atom. The molecule has 0 fully saturated rings. The van der Waals surface area contributed by atoms with Gasteiger partial charge in [-0.05, 0) is 59.8 Å². The molecule has 0 spiro atoms. The summed E-state index contributed by atoms with van der Waals surface area (Å²) in [5, 5.41) is 15.2. The average Bonchev–Trinajstić information content (AvgIpc) is 2.35. The summed E-state index contributed by atoms with van der Waals surface area (Å²) in [5.74, 6) is 0.311. The lowest BCUT2D eigenvalue weighted by Gasteiger charge is -2.23. The number of amidine groups is 1. The van der Waals surface area contributed by atoms with Gasteiger partial charge >= 0.3 is 0 Å². The molecule has 5 heteroatoms. The van der Waals surface area contributed by atoms with Crippen molar-refractivity contribution in [1.82, 2.24) is 10.2 Å². The van der Waals surface area contributed by atoms with Gasteiger partial charge in [0.1, 0.15) is 5.84 Å². The molecule has 0 rings (SSSR count). The van der Waals surface area contributed by atoms with Crippen LogP contribution in [0.15, 0.2) is 5.16 Å². The highest BCUT2D eigenvalue weighted by atomic mass is 16.4. The Balaban J connectivity index is 3.56. The van der Waals surface area contributed by atoms with Crippen LogP contribution in [-0.2, 0) is 0 Å². The zero-order valence-corrected chi connectivity index (χ0v) is 13.2. The van der Waals surface area contributed by atoms with Crippen LogP contribution in [0.25, 0.3) is 0 Å². The first kappa shape index (κ1) is 18.2. The maximum absolute atomic E-state index is 8.68. The minimum absolute atomic E-state index is 0.228. The summed E-state index contributed by atoms with van der Waals surface area (Å²) >= 11 is 0. The standard InChI is InChI=1S/C14H32N4O/c1-12(2)18(5)11-7-10-16-9-6-8-14(3,4)13(15)17-19/h12,16,19H,6-11H2,1-5H3,(H2,15,17). The summed E-state index contributed by atoms with van der Waals surface area (Å²) in [4.78, 5) is 2.35. The van der Waals surface area contributed by atoms with Crippen LogP contribution in [-0.4, -0.2) is 48.7 Å². The SMILES string of the molecule is CC(C)N(C)CCCNCCCC(C)(C)C(N)=NO. The normalized spacial score (nSPS) is 13.5. The summed E-state index contributed by atoms with van der Waals surface area (Å²) in [6.07, 6.45) is 3.11. The third-order valence-corrected chi connectivity index (χ3v) is 3.70. The van der Waals surface area contributed by atoms with Crippen molar-refractivity contribution in [3.8, 4) is 0 Å². The third-order valence-electron chi connectivity index (χ3n) is 3.70. The second-order valence-corrected chi connectivity index (χ2v) is 6.15. The zero-order chi connectivity index (χ0) is 14.9. The molecular formula is C14H32N4O. The van der Waals surface area contributed by atoms with E-state index in [1.54, 1.807) is 0 Å². The average molecular weight is 272 g/mol. The molecule has 0 aromatic rings. The number of hydrogen-bond donors (Lipinski definition) is 3. The van der Waals surface area contributed by atoms with Crippen LogP contribution >= 0.6 is 0 Å². The summed E-state index contributed by atoms with van der Waals surface area (Å²) in [6, 6.07) is 0.613. The van der Waals surface area contributed by atoms with Gasteiger partial charge in [-0.2, -0.15) is 0 Å². The smallest absolute Gasteiger partial charge is 0.144 e. The lowest BCUT2D eigenvalue weighted by molar-refractivity contribution is 0.269. The van der Waals surface area contributed by atoms with Gasteiger partial charge in [-0.15, -0.1) is 0 Å². The molecule has 114 valence electrons. The summed E-state index contributed by atoms with van der Waals surface area (Å²) in [5.41, 5.74) is 5.42. The maximum Gasteiger partial charge on any atom is 0.144 e. The van der Waals surface area contributed by atoms with Crippen LogP contribution < -0.4 is 11.1 Å². The second-order valence-electron chi connectivity index (χ2n) is 6.15. The predicted molar refractivity (Wildman–Crippen MR) is 81.7 cm³/mol. The molecule has 0 atom stereocenters. The van der Waals surface area contributed by atoms with E-state index in [0.717, 1.165) is 38.9 Å². The molecule has 0 aliphatic rings. The predicted octanol–water partition coefficient (Wildman–Crippen LogP) is 1.86. The van der Waals surface area contributed by atoms with Crippen LogP contribution in [0.2, 0.25) is 0 Å². The Morgan fingerprint density at radius 1 is 1.32 bits per heavy atom. The van der Waals surface area contributed by atoms with Crippen LogP contribution in [0.5, 0.6) is 0 Å². The van der Waals surface area contributed by atoms with Crippen LogP contribution in [0, 0.1) is 5.41 Å². The van der Waals surface area contributed by atoms with E-state index in [2.05, 4.69) is 36.3 Å². The minimum atomic E-state index is -0.228. The number of nitrogens with two attached hydrogens (primary N) is 1. The quantitative estimate of drug-likeness (QED) is 0.187. The van der Waals surface area contributed by atoms with Gasteiger partial charge in [0.05, 0.1) is 0 Å². The number of hydrogen-bond acceptors (Lipinski definition) is 4. The first-order chi connectivity index (χ1) is 8.81. The zero-order valence-electron chi connectivity index (χ0n) is 13.2. The third kappa shape index (κ3) is 8.06. The molecule has 0 saturated heterocycles. The monoisotopic (exact) mass is 272 g/mol. The molecule has 4 N–H and O–H groups in total. The molecular weight excluding hydrogens is 240 g/mol. The van der Waals surface area contributed by atoms with Crippen LogP contribution in [0.4, 0.5) is 0 Å². The first-order valence-electron chi connectivity index (χ1n) is 7.20. The molecule has 0 aromatic heterocycles. The fourth-order valence-corrected chi connectivity index (χ4v) is 1.76. The fraction of sp³-hybridized carbons (Fsp3) is 0.929. The van der Waals surface area contributed by atoms with E-state index in [0.29, 0.717) is 11.9 Å². The van der Waals surface area contributed by atoms with Gasteiger partial charge in [0.25, 0.3) is 0 Å². The molecule has 0 aliphatic heterocycles. The minimum Gasteiger partial charge on any atom is -0.409 e. The molecule has 0 radical (unpaired) electrons. The van der Waals surface area contributed by atoms with Gasteiger partial charge < -0.3 is 21.2 Å². The Morgan fingerprint density at radius 2 is 1.89 bits per heavy atom. The Bertz CT molecular complexity index is 264. The van der Waals surface area contributed by atoms with Crippen molar-refractivity contribution in [2.75, 3.05) is 26.7 Å². The largest absolute Gasteiger partial charge is 0.409 e. The maximum atomic E-state index is 8.68. The second kappa shape index (κ2) is 9.15. The molecule has 5 nitrogen and oxygen atoms in total. The number of rotatable bonds is 10. The highest BCUT2D eigenvalue weighted by molar-refractivity contribution is 5.85. The van der Waals surface area contributed by atoms with Gasteiger partial charge in [-0.1, -0.05) is 19.0 Å². The lowest BCUT2D eigenvalue weighted by atomic mass is 9.86. The topological polar surface area (TPSA) is 73.9 Å². The molecule has 0 bridgehead atoms. The van der Waals surface area contributed by atoms with Crippen molar-refractivity contribution < 1.29 is 5.21 Å². The van der Waals surface area contributed by atoms with E-state index in [1.165, 1.54) is 0 Å². The Labute approximate surface area is 118 Å². The Kier molecular flexibility index (Phi) is 8.76. The first-order valence-corrected chi connectivity index (χ1v) is 7.20. The molecule has 0 amide bonds. The summed E-state index contributed by atoms with van der Waals surface area (Å²) in [7, 11) is 2.16. The van der Waals surface area contributed by atoms with Gasteiger partial charge in [0.2, 0.25) is 0 Å². The van der Waals surface area contributed by atoms with Crippen molar-refractivity contribution in [2.24, 2.45) is 16.3 Å². The lowest BCUT2D eigenvalue weighted by Crippen LogP contribution is -2.33. The van der Waals surface area contributed by atoms with Crippen molar-refractivity contribution in [3.05, 3.63) is 0 Å². The van der Waals surface area contributed by atoms with Crippen molar-refractivity contribution in [2.45, 2.75) is 53.0 Å². The molecule has 19 heavy (non-hydrogen) atoms. The van der Waals surface area contributed by atoms with E-state index < -0.39 is 0 Å². The van der Waals surface area contributed by atoms with Crippen LogP contribution in [0.1, 0.15) is 47.0 Å². The van der Waals surface area contributed by atoms with E-state index in [4.69, 9.17) is 10.9 Å². The van der Waals surface area contributed by atoms with Gasteiger partial charge in [0, 0.05) is 11.5 Å². The van der Waals surface area contributed by atoms with Crippen molar-refractivity contribution in [1.29, 1.82) is 0 Å². The number of nitrogens with one attached hydrogen (secondary N) is 1. The van der Waals surface area contributed by atoms with E-state index in [1.807, 2.05) is 13.8 Å². The molecule has 0 unspecified atom stereocenters.